The van der Waals surface area contributed by atoms with E-state index < -0.39 is 0 Å². The monoisotopic (exact) mass is 442 g/mol. The predicted molar refractivity (Wildman–Crippen MR) is 133 cm³/mol. The Kier molecular flexibility index (Phi) is 6.92. The molecule has 2 nitrogen and oxygen atoms in total. The molecular formula is C30H50O2. The van der Waals surface area contributed by atoms with E-state index in [1.165, 1.54) is 51.4 Å². The van der Waals surface area contributed by atoms with Crippen LogP contribution in [0.2, 0.25) is 0 Å². The van der Waals surface area contributed by atoms with Gasteiger partial charge in [0.25, 0.3) is 0 Å². The number of fused-ring (bicyclic) bond motifs is 5. The number of carbonyl (C=O) groups is 1. The standard InChI is InChI=1S/C30H50O2/c1-19(2)20(3)8-9-21(4)26-12-13-27-25-11-10-23-18-24(32-22(5)31)14-16-29(23,6)28(25)15-17-30(26,27)7/h15,19-21,23-27H,8-14,16-18H2,1-7H3/t20-,21+,23-,24+,25+,26+,27+,29-,30+/m0/s1. The second-order valence-corrected chi connectivity index (χ2v) is 13.2. The van der Waals surface area contributed by atoms with Gasteiger partial charge < -0.3 is 4.74 Å². The van der Waals surface area contributed by atoms with Crippen LogP contribution in [0, 0.1) is 52.3 Å². The van der Waals surface area contributed by atoms with Crippen LogP contribution in [0.25, 0.3) is 0 Å². The number of ether oxygens (including phenoxy) is 1. The normalized spacial score (nSPS) is 43.0. The van der Waals surface area contributed by atoms with Gasteiger partial charge in [0, 0.05) is 6.92 Å². The largest absolute Gasteiger partial charge is 0.463 e. The van der Waals surface area contributed by atoms with E-state index in [1.807, 2.05) is 5.57 Å². The number of esters is 1. The van der Waals surface area contributed by atoms with Gasteiger partial charge in [-0.1, -0.05) is 66.0 Å². The van der Waals surface area contributed by atoms with Crippen LogP contribution in [-0.2, 0) is 9.53 Å². The topological polar surface area (TPSA) is 26.3 Å². The van der Waals surface area contributed by atoms with E-state index in [4.69, 9.17) is 4.74 Å². The summed E-state index contributed by atoms with van der Waals surface area (Å²) in [5.41, 5.74) is 2.67. The van der Waals surface area contributed by atoms with Crippen molar-refractivity contribution in [1.82, 2.24) is 0 Å². The first-order chi connectivity index (χ1) is 15.1. The highest BCUT2D eigenvalue weighted by Crippen LogP contribution is 2.66. The Labute approximate surface area is 198 Å². The zero-order valence-electron chi connectivity index (χ0n) is 22.1. The lowest BCUT2D eigenvalue weighted by Crippen LogP contribution is -2.49. The number of hydrogen-bond acceptors (Lipinski definition) is 2. The van der Waals surface area contributed by atoms with Crippen molar-refractivity contribution >= 4 is 5.97 Å². The molecule has 4 rings (SSSR count). The molecule has 3 saturated carbocycles. The Hall–Kier alpha value is -0.790. The molecule has 0 N–H and O–H groups in total. The fourth-order valence-corrected chi connectivity index (χ4v) is 8.86. The first-order valence-electron chi connectivity index (χ1n) is 13.9. The van der Waals surface area contributed by atoms with Crippen molar-refractivity contribution in [2.24, 2.45) is 52.3 Å². The molecule has 2 heteroatoms. The molecule has 4 aliphatic carbocycles. The minimum atomic E-state index is -0.103. The van der Waals surface area contributed by atoms with Crippen LogP contribution in [-0.4, -0.2) is 12.1 Å². The molecule has 32 heavy (non-hydrogen) atoms. The quantitative estimate of drug-likeness (QED) is 0.306. The van der Waals surface area contributed by atoms with Crippen LogP contribution in [0.15, 0.2) is 11.6 Å². The van der Waals surface area contributed by atoms with Crippen molar-refractivity contribution < 1.29 is 9.53 Å². The third-order valence-corrected chi connectivity index (χ3v) is 11.3. The molecule has 0 amide bonds. The van der Waals surface area contributed by atoms with Gasteiger partial charge in [-0.05, 0) is 104 Å². The van der Waals surface area contributed by atoms with Crippen LogP contribution in [0.1, 0.15) is 113 Å². The van der Waals surface area contributed by atoms with Crippen molar-refractivity contribution in [2.45, 2.75) is 119 Å². The van der Waals surface area contributed by atoms with Crippen LogP contribution < -0.4 is 0 Å². The minimum Gasteiger partial charge on any atom is -0.463 e. The lowest BCUT2D eigenvalue weighted by atomic mass is 9.48. The van der Waals surface area contributed by atoms with E-state index >= 15 is 0 Å². The second-order valence-electron chi connectivity index (χ2n) is 13.2. The highest BCUT2D eigenvalue weighted by Gasteiger charge is 2.57. The predicted octanol–water partition coefficient (Wildman–Crippen LogP) is 8.21. The maximum Gasteiger partial charge on any atom is 0.302 e. The summed E-state index contributed by atoms with van der Waals surface area (Å²) in [4.78, 5) is 11.5. The number of hydrogen-bond donors (Lipinski definition) is 0. The molecule has 3 fully saturated rings. The van der Waals surface area contributed by atoms with Crippen molar-refractivity contribution in [1.29, 1.82) is 0 Å². The minimum absolute atomic E-state index is 0.103. The highest BCUT2D eigenvalue weighted by molar-refractivity contribution is 5.66. The Morgan fingerprint density at radius 1 is 1.06 bits per heavy atom. The third-order valence-electron chi connectivity index (χ3n) is 11.3. The van der Waals surface area contributed by atoms with Gasteiger partial charge in [0.05, 0.1) is 0 Å². The number of allylic oxidation sites excluding steroid dienone is 2. The van der Waals surface area contributed by atoms with Crippen LogP contribution >= 0.6 is 0 Å². The molecule has 0 bridgehead atoms. The van der Waals surface area contributed by atoms with E-state index in [0.717, 1.165) is 48.3 Å². The van der Waals surface area contributed by atoms with E-state index in [9.17, 15) is 4.79 Å². The van der Waals surface area contributed by atoms with Gasteiger partial charge in [0.15, 0.2) is 0 Å². The third kappa shape index (κ3) is 4.22. The number of rotatable bonds is 6. The molecule has 0 aromatic heterocycles. The molecule has 4 aliphatic rings. The summed E-state index contributed by atoms with van der Waals surface area (Å²) in [6, 6.07) is 0. The summed E-state index contributed by atoms with van der Waals surface area (Å²) in [5, 5.41) is 0. The zero-order chi connectivity index (χ0) is 23.3. The first-order valence-corrected chi connectivity index (χ1v) is 13.9. The molecular weight excluding hydrogens is 392 g/mol. The number of carbonyl (C=O) groups excluding carboxylic acids is 1. The first kappa shape index (κ1) is 24.3. The summed E-state index contributed by atoms with van der Waals surface area (Å²) in [5.74, 6) is 5.70. The maximum atomic E-state index is 11.5. The van der Waals surface area contributed by atoms with E-state index in [2.05, 4.69) is 47.6 Å². The second kappa shape index (κ2) is 9.10. The van der Waals surface area contributed by atoms with E-state index in [0.29, 0.717) is 16.7 Å². The Morgan fingerprint density at radius 3 is 2.50 bits per heavy atom. The summed E-state index contributed by atoms with van der Waals surface area (Å²) >= 11 is 0. The highest BCUT2D eigenvalue weighted by atomic mass is 16.5. The Bertz CT molecular complexity index is 722. The van der Waals surface area contributed by atoms with Crippen molar-refractivity contribution in [3.8, 4) is 0 Å². The molecule has 0 radical (unpaired) electrons. The van der Waals surface area contributed by atoms with Gasteiger partial charge >= 0.3 is 5.97 Å². The van der Waals surface area contributed by atoms with E-state index in [-0.39, 0.29) is 12.1 Å². The average molecular weight is 443 g/mol. The van der Waals surface area contributed by atoms with Gasteiger partial charge in [-0.2, -0.15) is 0 Å². The van der Waals surface area contributed by atoms with Crippen LogP contribution in [0.5, 0.6) is 0 Å². The lowest BCUT2D eigenvalue weighted by Gasteiger charge is -2.57. The zero-order valence-corrected chi connectivity index (χ0v) is 22.1. The molecule has 0 aromatic rings. The summed E-state index contributed by atoms with van der Waals surface area (Å²) in [6.07, 6.45) is 15.9. The fourth-order valence-electron chi connectivity index (χ4n) is 8.86. The Balaban J connectivity index is 1.48. The van der Waals surface area contributed by atoms with Crippen LogP contribution in [0.4, 0.5) is 0 Å². The maximum absolute atomic E-state index is 11.5. The fraction of sp³-hybridized carbons (Fsp3) is 0.900. The smallest absolute Gasteiger partial charge is 0.302 e. The molecule has 182 valence electrons. The van der Waals surface area contributed by atoms with Gasteiger partial charge in [-0.25, -0.2) is 0 Å². The van der Waals surface area contributed by atoms with Gasteiger partial charge in [-0.3, -0.25) is 4.79 Å². The van der Waals surface area contributed by atoms with Crippen molar-refractivity contribution in [3.63, 3.8) is 0 Å². The molecule has 0 heterocycles. The van der Waals surface area contributed by atoms with Crippen LogP contribution in [0.3, 0.4) is 0 Å². The molecule has 0 aliphatic heterocycles. The molecule has 9 atom stereocenters. The molecule has 0 spiro atoms. The molecule has 0 saturated heterocycles. The molecule has 0 unspecified atom stereocenters. The van der Waals surface area contributed by atoms with E-state index in [1.54, 1.807) is 6.92 Å². The van der Waals surface area contributed by atoms with Crippen molar-refractivity contribution in [3.05, 3.63) is 11.6 Å². The van der Waals surface area contributed by atoms with Gasteiger partial charge in [0.2, 0.25) is 0 Å². The Morgan fingerprint density at radius 2 is 1.81 bits per heavy atom. The summed E-state index contributed by atoms with van der Waals surface area (Å²) in [6.45, 7) is 16.6. The lowest BCUT2D eigenvalue weighted by molar-refractivity contribution is -0.151. The molecule has 0 aromatic carbocycles. The summed E-state index contributed by atoms with van der Waals surface area (Å²) in [7, 11) is 0. The van der Waals surface area contributed by atoms with Gasteiger partial charge in [-0.15, -0.1) is 0 Å². The van der Waals surface area contributed by atoms with Gasteiger partial charge in [0.1, 0.15) is 6.10 Å². The SMILES string of the molecule is CC(=O)O[C@@H]1CC[C@]2(C)C3=CC[C@]4(C)[C@@H]([C@H](C)CC[C@H](C)C(C)C)CC[C@@H]4[C@H]3CC[C@H]2C1. The average Bonchev–Trinajstić information content (AvgIpc) is 3.08. The van der Waals surface area contributed by atoms with Crippen molar-refractivity contribution in [2.75, 3.05) is 0 Å². The summed E-state index contributed by atoms with van der Waals surface area (Å²) < 4.78 is 5.64.